The fraction of sp³-hybridized carbons (Fsp3) is 0.385. The summed E-state index contributed by atoms with van der Waals surface area (Å²) in [5.41, 5.74) is 1.55. The van der Waals surface area contributed by atoms with Crippen LogP contribution in [0, 0.1) is 0 Å². The lowest BCUT2D eigenvalue weighted by molar-refractivity contribution is 0.213. The van der Waals surface area contributed by atoms with Gasteiger partial charge in [-0.05, 0) is 44.0 Å². The van der Waals surface area contributed by atoms with Gasteiger partial charge in [0.05, 0.1) is 12.2 Å². The topological polar surface area (TPSA) is 29.5 Å². The molecular weight excluding hydrogens is 188 g/mol. The zero-order valence-corrected chi connectivity index (χ0v) is 9.53. The molecule has 0 aromatic heterocycles. The minimum absolute atomic E-state index is 0.141. The quantitative estimate of drug-likeness (QED) is 0.767. The van der Waals surface area contributed by atoms with Crippen LogP contribution in [0.25, 0.3) is 0 Å². The van der Waals surface area contributed by atoms with Gasteiger partial charge in [-0.1, -0.05) is 18.7 Å². The van der Waals surface area contributed by atoms with Crippen LogP contribution in [0.15, 0.2) is 36.4 Å². The van der Waals surface area contributed by atoms with Crippen molar-refractivity contribution in [2.75, 3.05) is 0 Å². The van der Waals surface area contributed by atoms with Crippen molar-refractivity contribution < 1.29 is 9.84 Å². The molecule has 1 N–H and O–H groups in total. The largest absolute Gasteiger partial charge is 0.491 e. The highest BCUT2D eigenvalue weighted by Gasteiger charge is 2.08. The molecule has 1 aromatic carbocycles. The van der Waals surface area contributed by atoms with E-state index in [1.165, 1.54) is 0 Å². The maximum absolute atomic E-state index is 9.80. The summed E-state index contributed by atoms with van der Waals surface area (Å²) in [7, 11) is 0. The second-order valence-corrected chi connectivity index (χ2v) is 3.99. The van der Waals surface area contributed by atoms with Gasteiger partial charge in [-0.15, -0.1) is 0 Å². The third-order valence-corrected chi connectivity index (χ3v) is 2.01. The lowest BCUT2D eigenvalue weighted by Gasteiger charge is -2.14. The second-order valence-electron chi connectivity index (χ2n) is 3.99. The highest BCUT2D eigenvalue weighted by atomic mass is 16.5. The Morgan fingerprint density at radius 3 is 2.60 bits per heavy atom. The molecule has 15 heavy (non-hydrogen) atoms. The number of rotatable bonds is 4. The number of benzene rings is 1. The van der Waals surface area contributed by atoms with Gasteiger partial charge < -0.3 is 9.84 Å². The molecule has 1 unspecified atom stereocenters. The number of ether oxygens (including phenoxy) is 1. The van der Waals surface area contributed by atoms with Crippen molar-refractivity contribution in [3.63, 3.8) is 0 Å². The summed E-state index contributed by atoms with van der Waals surface area (Å²) in [4.78, 5) is 0. The van der Waals surface area contributed by atoms with Gasteiger partial charge >= 0.3 is 0 Å². The number of aliphatic hydroxyl groups is 1. The first-order valence-electron chi connectivity index (χ1n) is 5.10. The van der Waals surface area contributed by atoms with Crippen LogP contribution < -0.4 is 4.74 Å². The van der Waals surface area contributed by atoms with Crippen molar-refractivity contribution >= 4 is 0 Å². The van der Waals surface area contributed by atoms with Crippen LogP contribution in [-0.2, 0) is 0 Å². The summed E-state index contributed by atoms with van der Waals surface area (Å²) in [5, 5.41) is 9.80. The Morgan fingerprint density at radius 1 is 1.40 bits per heavy atom. The van der Waals surface area contributed by atoms with Crippen LogP contribution in [-0.4, -0.2) is 11.2 Å². The first kappa shape index (κ1) is 11.8. The summed E-state index contributed by atoms with van der Waals surface area (Å²) in [6, 6.07) is 7.47. The highest BCUT2D eigenvalue weighted by Crippen LogP contribution is 2.24. The Hall–Kier alpha value is -1.28. The fourth-order valence-electron chi connectivity index (χ4n) is 1.31. The van der Waals surface area contributed by atoms with Crippen LogP contribution >= 0.6 is 0 Å². The van der Waals surface area contributed by atoms with E-state index in [1.54, 1.807) is 6.92 Å². The lowest BCUT2D eigenvalue weighted by Crippen LogP contribution is -2.06. The number of hydrogen-bond donors (Lipinski definition) is 1. The molecule has 0 bridgehead atoms. The Kier molecular flexibility index (Phi) is 3.92. The van der Waals surface area contributed by atoms with E-state index in [4.69, 9.17) is 4.74 Å². The molecule has 0 saturated carbocycles. The third-order valence-electron chi connectivity index (χ3n) is 2.01. The van der Waals surface area contributed by atoms with Crippen molar-refractivity contribution in [3.8, 4) is 5.75 Å². The van der Waals surface area contributed by atoms with Crippen LogP contribution in [0.3, 0.4) is 0 Å². The van der Waals surface area contributed by atoms with Crippen molar-refractivity contribution in [2.45, 2.75) is 33.0 Å². The third kappa shape index (κ3) is 3.40. The molecule has 2 heteroatoms. The van der Waals surface area contributed by atoms with Crippen molar-refractivity contribution in [1.82, 2.24) is 0 Å². The summed E-state index contributed by atoms with van der Waals surface area (Å²) < 4.78 is 5.54. The smallest absolute Gasteiger partial charge is 0.120 e. The zero-order valence-electron chi connectivity index (χ0n) is 9.53. The SMILES string of the molecule is C=C(C)C(O)c1cccc(OC(C)C)c1. The van der Waals surface area contributed by atoms with E-state index < -0.39 is 6.10 Å². The van der Waals surface area contributed by atoms with Crippen molar-refractivity contribution in [1.29, 1.82) is 0 Å². The van der Waals surface area contributed by atoms with Crippen LogP contribution in [0.4, 0.5) is 0 Å². The summed E-state index contributed by atoms with van der Waals surface area (Å²) in [6.45, 7) is 9.49. The van der Waals surface area contributed by atoms with E-state index in [2.05, 4.69) is 6.58 Å². The average Bonchev–Trinajstić information content (AvgIpc) is 2.16. The van der Waals surface area contributed by atoms with E-state index in [0.29, 0.717) is 0 Å². The predicted molar refractivity (Wildman–Crippen MR) is 62.0 cm³/mol. The Labute approximate surface area is 91.2 Å². The Morgan fingerprint density at radius 2 is 2.07 bits per heavy atom. The van der Waals surface area contributed by atoms with Gasteiger partial charge in [0.2, 0.25) is 0 Å². The molecule has 1 aromatic rings. The van der Waals surface area contributed by atoms with E-state index in [-0.39, 0.29) is 6.10 Å². The van der Waals surface area contributed by atoms with E-state index in [9.17, 15) is 5.11 Å². The molecule has 0 aliphatic carbocycles. The molecule has 0 fully saturated rings. The molecule has 2 nitrogen and oxygen atoms in total. The number of hydrogen-bond acceptors (Lipinski definition) is 2. The molecule has 0 heterocycles. The first-order valence-corrected chi connectivity index (χ1v) is 5.10. The molecule has 0 saturated heterocycles. The molecule has 0 spiro atoms. The molecule has 0 aliphatic rings. The van der Waals surface area contributed by atoms with Crippen molar-refractivity contribution in [3.05, 3.63) is 42.0 Å². The van der Waals surface area contributed by atoms with Crippen molar-refractivity contribution in [2.24, 2.45) is 0 Å². The predicted octanol–water partition coefficient (Wildman–Crippen LogP) is 3.08. The zero-order chi connectivity index (χ0) is 11.4. The molecule has 0 aliphatic heterocycles. The normalized spacial score (nSPS) is 12.6. The molecule has 1 rings (SSSR count). The van der Waals surface area contributed by atoms with Gasteiger partial charge in [0.1, 0.15) is 5.75 Å². The van der Waals surface area contributed by atoms with Gasteiger partial charge in [0.15, 0.2) is 0 Å². The summed E-state index contributed by atoms with van der Waals surface area (Å²) in [5.74, 6) is 0.780. The summed E-state index contributed by atoms with van der Waals surface area (Å²) >= 11 is 0. The van der Waals surface area contributed by atoms with E-state index in [1.807, 2.05) is 38.1 Å². The maximum Gasteiger partial charge on any atom is 0.120 e. The van der Waals surface area contributed by atoms with Gasteiger partial charge in [0.25, 0.3) is 0 Å². The lowest BCUT2D eigenvalue weighted by atomic mass is 10.0. The van der Waals surface area contributed by atoms with Gasteiger partial charge in [-0.3, -0.25) is 0 Å². The Balaban J connectivity index is 2.87. The van der Waals surface area contributed by atoms with Crippen LogP contribution in [0.1, 0.15) is 32.4 Å². The second kappa shape index (κ2) is 4.99. The minimum atomic E-state index is -0.610. The monoisotopic (exact) mass is 206 g/mol. The minimum Gasteiger partial charge on any atom is -0.491 e. The van der Waals surface area contributed by atoms with Gasteiger partial charge in [-0.2, -0.15) is 0 Å². The molecule has 0 radical (unpaired) electrons. The molecule has 82 valence electrons. The summed E-state index contributed by atoms with van der Waals surface area (Å²) in [6.07, 6.45) is -0.470. The van der Waals surface area contributed by atoms with Crippen LogP contribution in [0.5, 0.6) is 5.75 Å². The van der Waals surface area contributed by atoms with E-state index >= 15 is 0 Å². The van der Waals surface area contributed by atoms with Gasteiger partial charge in [-0.25, -0.2) is 0 Å². The Bertz CT molecular complexity index is 342. The first-order chi connectivity index (χ1) is 7.00. The molecule has 0 amide bonds. The number of aliphatic hydroxyl groups excluding tert-OH is 1. The van der Waals surface area contributed by atoms with Gasteiger partial charge in [0, 0.05) is 0 Å². The standard InChI is InChI=1S/C13H18O2/c1-9(2)13(14)11-6-5-7-12(8-11)15-10(3)4/h5-8,10,13-14H,1H2,2-4H3. The van der Waals surface area contributed by atoms with Crippen LogP contribution in [0.2, 0.25) is 0 Å². The molecular formula is C13H18O2. The van der Waals surface area contributed by atoms with E-state index in [0.717, 1.165) is 16.9 Å². The maximum atomic E-state index is 9.80. The highest BCUT2D eigenvalue weighted by molar-refractivity contribution is 5.32. The fourth-order valence-corrected chi connectivity index (χ4v) is 1.31. The average molecular weight is 206 g/mol. The molecule has 1 atom stereocenters.